The maximum atomic E-state index is 10.8. The zero-order valence-corrected chi connectivity index (χ0v) is 18.5. The summed E-state index contributed by atoms with van der Waals surface area (Å²) >= 11 is 3.56. The monoisotopic (exact) mass is 455 g/mol. The molecule has 0 fully saturated rings. The number of halogens is 1. The zero-order valence-electron chi connectivity index (χ0n) is 16.9. The van der Waals surface area contributed by atoms with E-state index in [0.717, 1.165) is 32.5 Å². The van der Waals surface area contributed by atoms with Gasteiger partial charge in [-0.25, -0.2) is 0 Å². The van der Waals surface area contributed by atoms with E-state index in [-0.39, 0.29) is 0 Å². The third kappa shape index (κ3) is 3.24. The topological polar surface area (TPSA) is 23.5 Å². The normalized spacial score (nSPS) is 13.1. The molecule has 4 aromatic rings. The van der Waals surface area contributed by atoms with Gasteiger partial charge < -0.3 is 10.0 Å². The van der Waals surface area contributed by atoms with E-state index >= 15 is 0 Å². The zero-order chi connectivity index (χ0) is 20.9. The fourth-order valence-corrected chi connectivity index (χ4v) is 4.60. The van der Waals surface area contributed by atoms with Gasteiger partial charge in [-0.15, -0.1) is 0 Å². The van der Waals surface area contributed by atoms with Gasteiger partial charge in [0, 0.05) is 21.7 Å². The van der Waals surface area contributed by atoms with Crippen molar-refractivity contribution >= 4 is 44.2 Å². The molecule has 5 rings (SSSR count). The van der Waals surface area contributed by atoms with Crippen LogP contribution >= 0.6 is 15.9 Å². The summed E-state index contributed by atoms with van der Waals surface area (Å²) in [7, 11) is 0. The molecule has 1 aliphatic heterocycles. The average molecular weight is 456 g/mol. The minimum absolute atomic E-state index is 0.900. The first-order valence-corrected chi connectivity index (χ1v) is 10.8. The number of nitrogens with zero attached hydrogens (tertiary/aromatic N) is 1. The van der Waals surface area contributed by atoms with Crippen molar-refractivity contribution in [2.24, 2.45) is 0 Å². The van der Waals surface area contributed by atoms with Gasteiger partial charge in [0.15, 0.2) is 0 Å². The Morgan fingerprint density at radius 1 is 0.867 bits per heavy atom. The number of benzene rings is 4. The number of rotatable bonds is 3. The summed E-state index contributed by atoms with van der Waals surface area (Å²) in [5.74, 6) is 0. The third-order valence-electron chi connectivity index (χ3n) is 5.64. The Morgan fingerprint density at radius 2 is 1.67 bits per heavy atom. The summed E-state index contributed by atoms with van der Waals surface area (Å²) in [6, 6.07) is 27.4. The van der Waals surface area contributed by atoms with E-state index in [1.165, 1.54) is 16.3 Å². The molecule has 1 N–H and O–H groups in total. The highest BCUT2D eigenvalue weighted by molar-refractivity contribution is 9.10. The highest BCUT2D eigenvalue weighted by Crippen LogP contribution is 2.43. The molecule has 2 nitrogen and oxygen atoms in total. The minimum Gasteiger partial charge on any atom is -0.386 e. The molecule has 30 heavy (non-hydrogen) atoms. The van der Waals surface area contributed by atoms with Gasteiger partial charge in [0.25, 0.3) is 0 Å². The first-order valence-electron chi connectivity index (χ1n) is 10.0. The van der Waals surface area contributed by atoms with Crippen LogP contribution in [0.4, 0.5) is 11.4 Å². The molecule has 0 bridgehead atoms. The van der Waals surface area contributed by atoms with Crippen LogP contribution in [0.2, 0.25) is 0 Å². The molecule has 0 aromatic heterocycles. The quantitative estimate of drug-likeness (QED) is 0.343. The maximum Gasteiger partial charge on any atom is 0.0846 e. The van der Waals surface area contributed by atoms with Crippen molar-refractivity contribution in [3.8, 4) is 11.1 Å². The second-order valence-electron chi connectivity index (χ2n) is 8.21. The van der Waals surface area contributed by atoms with Crippen LogP contribution in [-0.4, -0.2) is 5.11 Å². The lowest BCUT2D eigenvalue weighted by Gasteiger charge is -2.28. The fraction of sp³-hybridized carbons (Fsp3) is 0.111. The molecule has 1 heterocycles. The Labute approximate surface area is 185 Å². The highest BCUT2D eigenvalue weighted by Gasteiger charge is 2.23. The Kier molecular flexibility index (Phi) is 4.53. The van der Waals surface area contributed by atoms with E-state index in [2.05, 4.69) is 93.8 Å². The van der Waals surface area contributed by atoms with Crippen molar-refractivity contribution < 1.29 is 5.11 Å². The second-order valence-corrected chi connectivity index (χ2v) is 9.13. The summed E-state index contributed by atoms with van der Waals surface area (Å²) in [5, 5.41) is 13.3. The second kappa shape index (κ2) is 7.12. The lowest BCUT2D eigenvalue weighted by atomic mass is 9.87. The van der Waals surface area contributed by atoms with E-state index < -0.39 is 5.60 Å². The van der Waals surface area contributed by atoms with Gasteiger partial charge in [0.05, 0.1) is 11.3 Å². The van der Waals surface area contributed by atoms with E-state index in [0.29, 0.717) is 0 Å². The van der Waals surface area contributed by atoms with E-state index in [4.69, 9.17) is 0 Å². The first kappa shape index (κ1) is 19.1. The number of hydrogen-bond acceptors (Lipinski definition) is 2. The van der Waals surface area contributed by atoms with E-state index in [1.54, 1.807) is 0 Å². The van der Waals surface area contributed by atoms with Crippen molar-refractivity contribution in [2.45, 2.75) is 19.4 Å². The maximum absolute atomic E-state index is 10.8. The van der Waals surface area contributed by atoms with Gasteiger partial charge >= 0.3 is 0 Å². The van der Waals surface area contributed by atoms with Crippen LogP contribution in [0.3, 0.4) is 0 Å². The molecule has 4 aromatic carbocycles. The van der Waals surface area contributed by atoms with Crippen molar-refractivity contribution in [1.82, 2.24) is 0 Å². The molecule has 0 radical (unpaired) electrons. The molecule has 0 atom stereocenters. The van der Waals surface area contributed by atoms with Crippen LogP contribution in [0.5, 0.6) is 0 Å². The molecular formula is C27H22BrNO. The lowest BCUT2D eigenvalue weighted by molar-refractivity contribution is 0.0791. The molecule has 0 amide bonds. The number of hydrogen-bond donors (Lipinski definition) is 1. The van der Waals surface area contributed by atoms with Crippen molar-refractivity contribution in [3.63, 3.8) is 0 Å². The average Bonchev–Trinajstić information content (AvgIpc) is 2.74. The molecular weight excluding hydrogens is 434 g/mol. The summed E-state index contributed by atoms with van der Waals surface area (Å²) in [5.41, 5.74) is 5.58. The SMILES string of the molecule is CC(C)(O)c1cc(Br)ccc1-c1cc2c3c(cccc3c1)C=CN2c1ccccc1. The molecule has 1 aliphatic rings. The van der Waals surface area contributed by atoms with E-state index in [1.807, 2.05) is 32.0 Å². The molecule has 0 unspecified atom stereocenters. The number of aliphatic hydroxyl groups is 1. The largest absolute Gasteiger partial charge is 0.386 e. The van der Waals surface area contributed by atoms with Crippen LogP contribution < -0.4 is 4.90 Å². The Hall–Kier alpha value is -2.88. The van der Waals surface area contributed by atoms with Gasteiger partial charge in [0.2, 0.25) is 0 Å². The van der Waals surface area contributed by atoms with Crippen molar-refractivity contribution in [1.29, 1.82) is 0 Å². The highest BCUT2D eigenvalue weighted by atomic mass is 79.9. The predicted octanol–water partition coefficient (Wildman–Crippen LogP) is 7.62. The predicted molar refractivity (Wildman–Crippen MR) is 130 cm³/mol. The molecule has 3 heteroatoms. The van der Waals surface area contributed by atoms with Crippen molar-refractivity contribution in [3.05, 3.63) is 101 Å². The number of anilines is 2. The summed E-state index contributed by atoms with van der Waals surface area (Å²) < 4.78 is 0.960. The van der Waals surface area contributed by atoms with Crippen LogP contribution in [0.25, 0.3) is 28.0 Å². The van der Waals surface area contributed by atoms with E-state index in [9.17, 15) is 5.11 Å². The van der Waals surface area contributed by atoms with Crippen LogP contribution in [-0.2, 0) is 5.60 Å². The minimum atomic E-state index is -0.952. The molecule has 0 spiro atoms. The summed E-state index contributed by atoms with van der Waals surface area (Å²) in [6.07, 6.45) is 4.30. The summed E-state index contributed by atoms with van der Waals surface area (Å²) in [6.45, 7) is 3.67. The van der Waals surface area contributed by atoms with Gasteiger partial charge in [-0.2, -0.15) is 0 Å². The molecule has 148 valence electrons. The molecule has 0 saturated heterocycles. The smallest absolute Gasteiger partial charge is 0.0846 e. The number of para-hydroxylation sites is 1. The van der Waals surface area contributed by atoms with Gasteiger partial charge in [-0.1, -0.05) is 58.4 Å². The van der Waals surface area contributed by atoms with Gasteiger partial charge in [0.1, 0.15) is 0 Å². The Balaban J connectivity index is 1.79. The third-order valence-corrected chi connectivity index (χ3v) is 6.13. The Bertz CT molecular complexity index is 1290. The molecule has 0 aliphatic carbocycles. The first-order chi connectivity index (χ1) is 14.4. The standard InChI is InChI=1S/C27H22BrNO/c1-27(2,30)24-17-21(28)11-12-23(24)20-15-19-8-6-7-18-13-14-29(25(16-20)26(18)19)22-9-4-3-5-10-22/h3-17,30H,1-2H3. The van der Waals surface area contributed by atoms with Crippen molar-refractivity contribution in [2.75, 3.05) is 4.90 Å². The van der Waals surface area contributed by atoms with Gasteiger partial charge in [-0.05, 0) is 84.0 Å². The molecule has 0 saturated carbocycles. The fourth-order valence-electron chi connectivity index (χ4n) is 4.24. The van der Waals surface area contributed by atoms with Crippen LogP contribution in [0.1, 0.15) is 25.0 Å². The lowest BCUT2D eigenvalue weighted by Crippen LogP contribution is -2.17. The Morgan fingerprint density at radius 3 is 2.43 bits per heavy atom. The van der Waals surface area contributed by atoms with Crippen LogP contribution in [0.15, 0.2) is 89.5 Å². The van der Waals surface area contributed by atoms with Crippen LogP contribution in [0, 0.1) is 0 Å². The van der Waals surface area contributed by atoms with Gasteiger partial charge in [-0.3, -0.25) is 0 Å². The summed E-state index contributed by atoms with van der Waals surface area (Å²) in [4.78, 5) is 2.24.